The quantitative estimate of drug-likeness (QED) is 0.809. The van der Waals surface area contributed by atoms with Crippen molar-refractivity contribution in [1.82, 2.24) is 9.80 Å². The number of aliphatic hydroxyl groups is 1. The molecule has 2 fully saturated rings. The van der Waals surface area contributed by atoms with Crippen molar-refractivity contribution in [3.8, 4) is 0 Å². The number of rotatable bonds is 7. The maximum atomic E-state index is 12.6. The van der Waals surface area contributed by atoms with Crippen molar-refractivity contribution in [2.24, 2.45) is 0 Å². The van der Waals surface area contributed by atoms with Gasteiger partial charge in [-0.05, 0) is 51.1 Å². The van der Waals surface area contributed by atoms with E-state index in [-0.39, 0.29) is 12.0 Å². The third-order valence-electron chi connectivity index (χ3n) is 5.59. The summed E-state index contributed by atoms with van der Waals surface area (Å²) < 4.78 is 6.02. The Bertz CT molecular complexity index is 560. The SMILES string of the molecule is CN(CCc1ccccc1)CC[C@H]1CC[C@H](O)[C@@H](C(=O)N2CCCC2)O1. The van der Waals surface area contributed by atoms with Gasteiger partial charge in [0, 0.05) is 26.2 Å². The standard InChI is InChI=1S/C21H32N2O3/c1-22(15-11-17-7-3-2-4-8-17)16-12-18-9-10-19(24)20(26-18)21(25)23-13-5-6-14-23/h2-4,7-8,18-20,24H,5-6,9-16H2,1H3/t18-,19+,20+/m1/s1. The van der Waals surface area contributed by atoms with Gasteiger partial charge >= 0.3 is 0 Å². The minimum absolute atomic E-state index is 0.0165. The van der Waals surface area contributed by atoms with E-state index in [9.17, 15) is 9.90 Å². The lowest BCUT2D eigenvalue weighted by Gasteiger charge is -2.35. The van der Waals surface area contributed by atoms with Crippen molar-refractivity contribution in [2.75, 3.05) is 33.2 Å². The summed E-state index contributed by atoms with van der Waals surface area (Å²) in [5, 5.41) is 10.2. The van der Waals surface area contributed by atoms with Crippen LogP contribution >= 0.6 is 0 Å². The smallest absolute Gasteiger partial charge is 0.254 e. The van der Waals surface area contributed by atoms with Crippen LogP contribution in [-0.2, 0) is 16.0 Å². The highest BCUT2D eigenvalue weighted by atomic mass is 16.5. The Hall–Kier alpha value is -1.43. The second-order valence-electron chi connectivity index (χ2n) is 7.68. The van der Waals surface area contributed by atoms with Gasteiger partial charge in [-0.2, -0.15) is 0 Å². The Kier molecular flexibility index (Phi) is 7.06. The van der Waals surface area contributed by atoms with Gasteiger partial charge in [0.2, 0.25) is 0 Å². The summed E-state index contributed by atoms with van der Waals surface area (Å²) in [6, 6.07) is 10.5. The molecule has 1 N–H and O–H groups in total. The summed E-state index contributed by atoms with van der Waals surface area (Å²) in [6.07, 6.45) is 4.29. The van der Waals surface area contributed by atoms with Crippen molar-refractivity contribution >= 4 is 5.91 Å². The van der Waals surface area contributed by atoms with E-state index >= 15 is 0 Å². The summed E-state index contributed by atoms with van der Waals surface area (Å²) in [6.45, 7) is 3.56. The van der Waals surface area contributed by atoms with E-state index in [0.717, 1.165) is 58.3 Å². The van der Waals surface area contributed by atoms with E-state index in [1.54, 1.807) is 0 Å². The van der Waals surface area contributed by atoms with E-state index < -0.39 is 12.2 Å². The van der Waals surface area contributed by atoms with Crippen LogP contribution in [0.2, 0.25) is 0 Å². The highest BCUT2D eigenvalue weighted by Gasteiger charge is 2.37. The molecule has 2 aliphatic heterocycles. The zero-order valence-electron chi connectivity index (χ0n) is 15.8. The molecule has 0 aliphatic carbocycles. The van der Waals surface area contributed by atoms with Gasteiger partial charge in [0.1, 0.15) is 0 Å². The van der Waals surface area contributed by atoms with Gasteiger partial charge < -0.3 is 19.6 Å². The van der Waals surface area contributed by atoms with Crippen LogP contribution in [0.5, 0.6) is 0 Å². The maximum absolute atomic E-state index is 12.6. The van der Waals surface area contributed by atoms with Gasteiger partial charge in [0.05, 0.1) is 12.2 Å². The van der Waals surface area contributed by atoms with Crippen molar-refractivity contribution in [2.45, 2.75) is 56.8 Å². The van der Waals surface area contributed by atoms with Crippen LogP contribution in [0, 0.1) is 0 Å². The summed E-state index contributed by atoms with van der Waals surface area (Å²) in [5.74, 6) is -0.0165. The molecule has 144 valence electrons. The number of hydrogen-bond acceptors (Lipinski definition) is 4. The third-order valence-corrected chi connectivity index (χ3v) is 5.59. The second-order valence-corrected chi connectivity index (χ2v) is 7.68. The second kappa shape index (κ2) is 9.49. The van der Waals surface area contributed by atoms with Gasteiger partial charge in [0.25, 0.3) is 5.91 Å². The minimum Gasteiger partial charge on any atom is -0.390 e. The van der Waals surface area contributed by atoms with Crippen molar-refractivity contribution in [3.05, 3.63) is 35.9 Å². The first-order chi connectivity index (χ1) is 12.6. The topological polar surface area (TPSA) is 53.0 Å². The summed E-state index contributed by atoms with van der Waals surface area (Å²) in [7, 11) is 2.13. The number of hydrogen-bond donors (Lipinski definition) is 1. The number of likely N-dealkylation sites (N-methyl/N-ethyl adjacent to an activating group) is 1. The first-order valence-electron chi connectivity index (χ1n) is 9.98. The Morgan fingerprint density at radius 1 is 1.19 bits per heavy atom. The van der Waals surface area contributed by atoms with Gasteiger partial charge in [-0.1, -0.05) is 30.3 Å². The number of benzene rings is 1. The zero-order valence-corrected chi connectivity index (χ0v) is 15.8. The van der Waals surface area contributed by atoms with Gasteiger partial charge in [-0.25, -0.2) is 0 Å². The molecule has 0 aromatic heterocycles. The fraction of sp³-hybridized carbons (Fsp3) is 0.667. The molecule has 0 bridgehead atoms. The van der Waals surface area contributed by atoms with E-state index in [1.807, 2.05) is 11.0 Å². The lowest BCUT2D eigenvalue weighted by molar-refractivity contribution is -0.167. The van der Waals surface area contributed by atoms with Crippen LogP contribution in [0.1, 0.15) is 37.7 Å². The van der Waals surface area contributed by atoms with Crippen molar-refractivity contribution in [3.63, 3.8) is 0 Å². The number of carbonyl (C=O) groups is 1. The van der Waals surface area contributed by atoms with Crippen LogP contribution in [0.4, 0.5) is 0 Å². The molecule has 2 aliphatic rings. The highest BCUT2D eigenvalue weighted by Crippen LogP contribution is 2.24. The number of nitrogens with zero attached hydrogens (tertiary/aromatic N) is 2. The molecular formula is C21H32N2O3. The molecule has 5 nitrogen and oxygen atoms in total. The normalized spacial score (nSPS) is 26.4. The summed E-state index contributed by atoms with van der Waals surface area (Å²) >= 11 is 0. The lowest BCUT2D eigenvalue weighted by Crippen LogP contribution is -2.50. The Morgan fingerprint density at radius 3 is 2.65 bits per heavy atom. The molecule has 0 saturated carbocycles. The van der Waals surface area contributed by atoms with Crippen LogP contribution in [0.15, 0.2) is 30.3 Å². The molecular weight excluding hydrogens is 328 g/mol. The molecule has 5 heteroatoms. The molecule has 2 heterocycles. The largest absolute Gasteiger partial charge is 0.390 e. The minimum atomic E-state index is -0.665. The number of likely N-dealkylation sites (tertiary alicyclic amines) is 1. The first kappa shape index (κ1) is 19.3. The van der Waals surface area contributed by atoms with Gasteiger partial charge in [-0.15, -0.1) is 0 Å². The van der Waals surface area contributed by atoms with Gasteiger partial charge in [0.15, 0.2) is 6.10 Å². The predicted octanol–water partition coefficient (Wildman–Crippen LogP) is 2.08. The molecule has 3 rings (SSSR count). The molecule has 1 aromatic carbocycles. The fourth-order valence-corrected chi connectivity index (χ4v) is 3.87. The summed E-state index contributed by atoms with van der Waals surface area (Å²) in [5.41, 5.74) is 1.35. The molecule has 26 heavy (non-hydrogen) atoms. The molecule has 0 unspecified atom stereocenters. The molecule has 0 radical (unpaired) electrons. The number of carbonyl (C=O) groups excluding carboxylic acids is 1. The Balaban J connectivity index is 1.42. The molecule has 0 spiro atoms. The fourth-order valence-electron chi connectivity index (χ4n) is 3.87. The van der Waals surface area contributed by atoms with Crippen molar-refractivity contribution < 1.29 is 14.6 Å². The van der Waals surface area contributed by atoms with E-state index in [2.05, 4.69) is 36.2 Å². The number of aliphatic hydroxyl groups excluding tert-OH is 1. The molecule has 1 amide bonds. The highest BCUT2D eigenvalue weighted by molar-refractivity contribution is 5.82. The monoisotopic (exact) mass is 360 g/mol. The van der Waals surface area contributed by atoms with Crippen LogP contribution in [0.25, 0.3) is 0 Å². The first-order valence-corrected chi connectivity index (χ1v) is 9.98. The number of amides is 1. The summed E-state index contributed by atoms with van der Waals surface area (Å²) in [4.78, 5) is 16.8. The maximum Gasteiger partial charge on any atom is 0.254 e. The molecule has 2 saturated heterocycles. The van der Waals surface area contributed by atoms with Crippen LogP contribution in [0.3, 0.4) is 0 Å². The van der Waals surface area contributed by atoms with E-state index in [4.69, 9.17) is 4.74 Å². The molecule has 1 aromatic rings. The molecule has 3 atom stereocenters. The average molecular weight is 360 g/mol. The van der Waals surface area contributed by atoms with E-state index in [0.29, 0.717) is 6.42 Å². The van der Waals surface area contributed by atoms with E-state index in [1.165, 1.54) is 5.56 Å². The Labute approximate surface area is 156 Å². The van der Waals surface area contributed by atoms with Crippen molar-refractivity contribution in [1.29, 1.82) is 0 Å². The third kappa shape index (κ3) is 5.29. The zero-order chi connectivity index (χ0) is 18.4. The lowest BCUT2D eigenvalue weighted by atomic mass is 9.98. The average Bonchev–Trinajstić information content (AvgIpc) is 3.21. The van der Waals surface area contributed by atoms with Crippen LogP contribution in [-0.4, -0.2) is 72.4 Å². The van der Waals surface area contributed by atoms with Crippen LogP contribution < -0.4 is 0 Å². The number of ether oxygens (including phenoxy) is 1. The Morgan fingerprint density at radius 2 is 1.92 bits per heavy atom. The van der Waals surface area contributed by atoms with Gasteiger partial charge in [-0.3, -0.25) is 4.79 Å². The predicted molar refractivity (Wildman–Crippen MR) is 102 cm³/mol.